The summed E-state index contributed by atoms with van der Waals surface area (Å²) in [6, 6.07) is 5.72. The average molecular weight is 467 g/mol. The SMILES string of the molecule is O=C(CN1C(=O)[C@H]2CCCCN2c2ccc(C(=O)N3CCCC3)cc21)NC1CCCCCCC1. The average Bonchev–Trinajstić information content (AvgIpc) is 3.38. The van der Waals surface area contributed by atoms with Crippen LogP contribution in [-0.2, 0) is 9.59 Å². The molecule has 0 unspecified atom stereocenters. The topological polar surface area (TPSA) is 73.0 Å². The minimum Gasteiger partial charge on any atom is -0.358 e. The highest BCUT2D eigenvalue weighted by Crippen LogP contribution is 2.40. The van der Waals surface area contributed by atoms with Crippen molar-refractivity contribution in [2.24, 2.45) is 0 Å². The van der Waals surface area contributed by atoms with Gasteiger partial charge < -0.3 is 15.1 Å². The van der Waals surface area contributed by atoms with Crippen molar-refractivity contribution in [1.82, 2.24) is 10.2 Å². The molecule has 7 nitrogen and oxygen atoms in total. The fourth-order valence-corrected chi connectivity index (χ4v) is 6.17. The number of hydrogen-bond acceptors (Lipinski definition) is 4. The number of nitrogens with one attached hydrogen (secondary N) is 1. The number of carbonyl (C=O) groups is 3. The first-order valence-corrected chi connectivity index (χ1v) is 13.4. The summed E-state index contributed by atoms with van der Waals surface area (Å²) in [5.41, 5.74) is 2.29. The Morgan fingerprint density at radius 3 is 2.26 bits per heavy atom. The Bertz CT molecular complexity index is 918. The van der Waals surface area contributed by atoms with Crippen LogP contribution in [0.2, 0.25) is 0 Å². The predicted molar refractivity (Wildman–Crippen MR) is 133 cm³/mol. The van der Waals surface area contributed by atoms with Gasteiger partial charge in [0.1, 0.15) is 12.6 Å². The number of benzene rings is 1. The summed E-state index contributed by atoms with van der Waals surface area (Å²) in [6.45, 7) is 2.44. The van der Waals surface area contributed by atoms with Gasteiger partial charge in [-0.1, -0.05) is 32.1 Å². The van der Waals surface area contributed by atoms with Crippen LogP contribution in [0.1, 0.15) is 87.4 Å². The molecule has 0 spiro atoms. The molecule has 3 amide bonds. The predicted octanol–water partition coefficient (Wildman–Crippen LogP) is 3.86. The number of fused-ring (bicyclic) bond motifs is 3. The van der Waals surface area contributed by atoms with Gasteiger partial charge in [0, 0.05) is 31.2 Å². The molecule has 1 saturated carbocycles. The van der Waals surface area contributed by atoms with E-state index in [-0.39, 0.29) is 36.3 Å². The van der Waals surface area contributed by atoms with E-state index >= 15 is 0 Å². The Hall–Kier alpha value is -2.57. The van der Waals surface area contributed by atoms with Crippen LogP contribution in [-0.4, -0.2) is 60.9 Å². The lowest BCUT2D eigenvalue weighted by Gasteiger charge is -2.45. The zero-order valence-corrected chi connectivity index (χ0v) is 20.3. The maximum absolute atomic E-state index is 13.6. The van der Waals surface area contributed by atoms with Crippen molar-refractivity contribution in [3.05, 3.63) is 23.8 Å². The van der Waals surface area contributed by atoms with Gasteiger partial charge in [-0.25, -0.2) is 0 Å². The molecule has 184 valence electrons. The van der Waals surface area contributed by atoms with Crippen LogP contribution in [0.25, 0.3) is 0 Å². The van der Waals surface area contributed by atoms with Gasteiger partial charge in [0.25, 0.3) is 5.91 Å². The van der Waals surface area contributed by atoms with Crippen LogP contribution in [0.5, 0.6) is 0 Å². The van der Waals surface area contributed by atoms with Crippen LogP contribution in [0.15, 0.2) is 18.2 Å². The lowest BCUT2D eigenvalue weighted by Crippen LogP contribution is -2.57. The second-order valence-corrected chi connectivity index (χ2v) is 10.4. The fourth-order valence-electron chi connectivity index (χ4n) is 6.17. The summed E-state index contributed by atoms with van der Waals surface area (Å²) in [4.78, 5) is 45.5. The highest BCUT2D eigenvalue weighted by Gasteiger charge is 2.40. The molecule has 0 bridgehead atoms. The Kier molecular flexibility index (Phi) is 7.07. The molecule has 1 aromatic rings. The highest BCUT2D eigenvalue weighted by molar-refractivity contribution is 6.09. The molecule has 4 aliphatic rings. The first kappa shape index (κ1) is 23.2. The first-order chi connectivity index (χ1) is 16.6. The molecule has 0 aromatic heterocycles. The van der Waals surface area contributed by atoms with Crippen LogP contribution < -0.4 is 15.1 Å². The van der Waals surface area contributed by atoms with Crippen LogP contribution in [0.3, 0.4) is 0 Å². The van der Waals surface area contributed by atoms with Crippen LogP contribution in [0, 0.1) is 0 Å². The van der Waals surface area contributed by atoms with Crippen molar-refractivity contribution in [2.75, 3.05) is 36.0 Å². The van der Waals surface area contributed by atoms with E-state index in [4.69, 9.17) is 0 Å². The van der Waals surface area contributed by atoms with Gasteiger partial charge in [0.15, 0.2) is 0 Å². The maximum Gasteiger partial charge on any atom is 0.253 e. The third-order valence-corrected chi connectivity index (χ3v) is 8.04. The van der Waals surface area contributed by atoms with Gasteiger partial charge in [-0.05, 0) is 63.1 Å². The summed E-state index contributed by atoms with van der Waals surface area (Å²) < 4.78 is 0. The Balaban J connectivity index is 1.39. The van der Waals surface area contributed by atoms with E-state index in [0.29, 0.717) is 11.3 Å². The van der Waals surface area contributed by atoms with Crippen molar-refractivity contribution in [3.63, 3.8) is 0 Å². The maximum atomic E-state index is 13.6. The Morgan fingerprint density at radius 1 is 0.824 bits per heavy atom. The number of carbonyl (C=O) groups excluding carboxylic acids is 3. The first-order valence-electron chi connectivity index (χ1n) is 13.4. The molecule has 5 rings (SSSR count). The van der Waals surface area contributed by atoms with Crippen molar-refractivity contribution in [1.29, 1.82) is 0 Å². The number of rotatable bonds is 4. The third-order valence-electron chi connectivity index (χ3n) is 8.04. The van der Waals surface area contributed by atoms with Gasteiger partial charge in [-0.15, -0.1) is 0 Å². The zero-order chi connectivity index (χ0) is 23.5. The molecule has 1 atom stereocenters. The lowest BCUT2D eigenvalue weighted by molar-refractivity contribution is -0.125. The largest absolute Gasteiger partial charge is 0.358 e. The van der Waals surface area contributed by atoms with Crippen molar-refractivity contribution in [2.45, 2.75) is 89.1 Å². The van der Waals surface area contributed by atoms with E-state index in [1.807, 2.05) is 23.1 Å². The smallest absolute Gasteiger partial charge is 0.253 e. The molecule has 2 saturated heterocycles. The lowest BCUT2D eigenvalue weighted by atomic mass is 9.95. The van der Waals surface area contributed by atoms with Gasteiger partial charge >= 0.3 is 0 Å². The molecule has 1 aromatic carbocycles. The number of amides is 3. The molecule has 3 aliphatic heterocycles. The zero-order valence-electron chi connectivity index (χ0n) is 20.3. The molecule has 34 heavy (non-hydrogen) atoms. The van der Waals surface area contributed by atoms with E-state index in [0.717, 1.165) is 83.1 Å². The molecule has 3 heterocycles. The van der Waals surface area contributed by atoms with Gasteiger partial charge in [0.05, 0.1) is 11.4 Å². The monoisotopic (exact) mass is 466 g/mol. The fraction of sp³-hybridized carbons (Fsp3) is 0.667. The summed E-state index contributed by atoms with van der Waals surface area (Å²) in [6.07, 6.45) is 13.0. The van der Waals surface area contributed by atoms with Crippen molar-refractivity contribution in [3.8, 4) is 0 Å². The summed E-state index contributed by atoms with van der Waals surface area (Å²) in [5.74, 6) is -0.0800. The van der Waals surface area contributed by atoms with Gasteiger partial charge in [-0.2, -0.15) is 0 Å². The quantitative estimate of drug-likeness (QED) is 0.731. The molecule has 7 heteroatoms. The molecule has 0 radical (unpaired) electrons. The molecular formula is C27H38N4O3. The minimum atomic E-state index is -0.212. The molecular weight excluding hydrogens is 428 g/mol. The number of anilines is 2. The van der Waals surface area contributed by atoms with E-state index in [1.54, 1.807) is 4.90 Å². The van der Waals surface area contributed by atoms with E-state index in [1.165, 1.54) is 19.3 Å². The Morgan fingerprint density at radius 2 is 1.50 bits per heavy atom. The van der Waals surface area contributed by atoms with Gasteiger partial charge in [0.2, 0.25) is 11.8 Å². The molecule has 3 fully saturated rings. The van der Waals surface area contributed by atoms with E-state index < -0.39 is 0 Å². The van der Waals surface area contributed by atoms with Crippen LogP contribution >= 0.6 is 0 Å². The number of piperidine rings is 1. The summed E-state index contributed by atoms with van der Waals surface area (Å²) in [7, 11) is 0. The van der Waals surface area contributed by atoms with Gasteiger partial charge in [-0.3, -0.25) is 19.3 Å². The normalized spacial score (nSPS) is 23.7. The standard InChI is InChI=1S/C27H38N4O3/c32-25(28-21-10-4-2-1-3-5-11-21)19-31-24-18-20(26(33)29-15-8-9-16-29)13-14-22(24)30-17-7-6-12-23(30)27(31)34/h13-14,18,21,23H,1-12,15-17,19H2,(H,28,32)/t23-/m1/s1. The summed E-state index contributed by atoms with van der Waals surface area (Å²) in [5, 5.41) is 3.22. The van der Waals surface area contributed by atoms with E-state index in [9.17, 15) is 14.4 Å². The van der Waals surface area contributed by atoms with Crippen molar-refractivity contribution >= 4 is 29.1 Å². The number of hydrogen-bond donors (Lipinski definition) is 1. The third kappa shape index (κ3) is 4.80. The molecule has 1 N–H and O–H groups in total. The molecule has 1 aliphatic carbocycles. The number of likely N-dealkylation sites (tertiary alicyclic amines) is 1. The minimum absolute atomic E-state index is 0.00853. The second kappa shape index (κ2) is 10.4. The van der Waals surface area contributed by atoms with Crippen LogP contribution in [0.4, 0.5) is 11.4 Å². The number of nitrogens with zero attached hydrogens (tertiary/aromatic N) is 3. The second-order valence-electron chi connectivity index (χ2n) is 10.4. The summed E-state index contributed by atoms with van der Waals surface area (Å²) >= 11 is 0. The van der Waals surface area contributed by atoms with E-state index in [2.05, 4.69) is 10.2 Å². The highest BCUT2D eigenvalue weighted by atomic mass is 16.2. The Labute approximate surface area is 202 Å². The van der Waals surface area contributed by atoms with Crippen molar-refractivity contribution < 1.29 is 14.4 Å².